The highest BCUT2D eigenvalue weighted by Crippen LogP contribution is 2.32. The number of fused-ring (bicyclic) bond motifs is 3. The highest BCUT2D eigenvalue weighted by atomic mass is 79.9. The van der Waals surface area contributed by atoms with Gasteiger partial charge in [-0.3, -0.25) is 0 Å². The van der Waals surface area contributed by atoms with Crippen molar-refractivity contribution in [3.8, 4) is 0 Å². The molecule has 0 radical (unpaired) electrons. The predicted octanol–water partition coefficient (Wildman–Crippen LogP) is 5.74. The maximum Gasteiger partial charge on any atom is 0.407 e. The van der Waals surface area contributed by atoms with Crippen LogP contribution in [-0.2, 0) is 11.3 Å². The van der Waals surface area contributed by atoms with Crippen LogP contribution < -0.4 is 5.32 Å². The lowest BCUT2D eigenvalue weighted by Gasteiger charge is -2.19. The molecule has 0 saturated carbocycles. The van der Waals surface area contributed by atoms with Crippen molar-refractivity contribution in [1.82, 2.24) is 9.88 Å². The van der Waals surface area contributed by atoms with Crippen LogP contribution in [0.25, 0.3) is 21.8 Å². The van der Waals surface area contributed by atoms with E-state index >= 15 is 0 Å². The van der Waals surface area contributed by atoms with E-state index in [1.165, 1.54) is 0 Å². The molecule has 2 aromatic carbocycles. The molecule has 0 unspecified atom stereocenters. The third-order valence-corrected chi connectivity index (χ3v) is 4.52. The standard InChI is InChI=1S/C19H20BrClN2O2/c1-19(2,3)25-18(24)22-8-9-23-16-6-4-12(20)10-14(16)15-11-13(21)5-7-17(15)23/h4-7,10-11H,8-9H2,1-3H3,(H,22,24). The Morgan fingerprint density at radius 2 is 1.80 bits per heavy atom. The summed E-state index contributed by atoms with van der Waals surface area (Å²) in [5.74, 6) is 0. The van der Waals surface area contributed by atoms with Crippen LogP contribution in [0, 0.1) is 0 Å². The number of rotatable bonds is 3. The van der Waals surface area contributed by atoms with Gasteiger partial charge in [-0.05, 0) is 57.2 Å². The molecule has 0 bridgehead atoms. The average Bonchev–Trinajstić information content (AvgIpc) is 2.78. The molecule has 0 atom stereocenters. The van der Waals surface area contributed by atoms with Crippen LogP contribution in [0.15, 0.2) is 40.9 Å². The maximum atomic E-state index is 11.8. The van der Waals surface area contributed by atoms with Crippen molar-refractivity contribution in [2.24, 2.45) is 0 Å². The number of benzene rings is 2. The molecular weight excluding hydrogens is 404 g/mol. The lowest BCUT2D eigenvalue weighted by Crippen LogP contribution is -2.34. The Hall–Kier alpha value is -1.72. The fourth-order valence-electron chi connectivity index (χ4n) is 2.87. The number of ether oxygens (including phenoxy) is 1. The minimum Gasteiger partial charge on any atom is -0.444 e. The summed E-state index contributed by atoms with van der Waals surface area (Å²) in [5.41, 5.74) is 1.69. The topological polar surface area (TPSA) is 43.3 Å². The third kappa shape index (κ3) is 4.10. The Labute approximate surface area is 160 Å². The molecule has 1 amide bonds. The van der Waals surface area contributed by atoms with Crippen LogP contribution in [-0.4, -0.2) is 22.8 Å². The Bertz CT molecular complexity index is 885. The first-order valence-electron chi connectivity index (χ1n) is 8.08. The van der Waals surface area contributed by atoms with Gasteiger partial charge in [-0.1, -0.05) is 27.5 Å². The van der Waals surface area contributed by atoms with Crippen molar-refractivity contribution in [2.45, 2.75) is 32.9 Å². The molecule has 0 aliphatic heterocycles. The number of aromatic nitrogens is 1. The van der Waals surface area contributed by atoms with Gasteiger partial charge in [-0.25, -0.2) is 4.79 Å². The van der Waals surface area contributed by atoms with Gasteiger partial charge in [0.05, 0.1) is 0 Å². The molecule has 3 rings (SSSR count). The summed E-state index contributed by atoms with van der Waals surface area (Å²) < 4.78 is 8.49. The second-order valence-corrected chi connectivity index (χ2v) is 8.26. The summed E-state index contributed by atoms with van der Waals surface area (Å²) in [4.78, 5) is 11.8. The van der Waals surface area contributed by atoms with Crippen molar-refractivity contribution < 1.29 is 9.53 Å². The molecule has 4 nitrogen and oxygen atoms in total. The highest BCUT2D eigenvalue weighted by molar-refractivity contribution is 9.10. The zero-order valence-corrected chi connectivity index (χ0v) is 16.7. The van der Waals surface area contributed by atoms with Crippen LogP contribution in [0.3, 0.4) is 0 Å². The van der Waals surface area contributed by atoms with Gasteiger partial charge < -0.3 is 14.6 Å². The smallest absolute Gasteiger partial charge is 0.407 e. The minimum absolute atomic E-state index is 0.404. The SMILES string of the molecule is CC(C)(C)OC(=O)NCCn1c2ccc(Cl)cc2c2cc(Br)ccc21. The fourth-order valence-corrected chi connectivity index (χ4v) is 3.41. The Morgan fingerprint density at radius 3 is 2.48 bits per heavy atom. The minimum atomic E-state index is -0.500. The Balaban J connectivity index is 1.89. The summed E-state index contributed by atoms with van der Waals surface area (Å²) in [7, 11) is 0. The normalized spacial score (nSPS) is 11.9. The van der Waals surface area contributed by atoms with E-state index in [0.717, 1.165) is 26.3 Å². The zero-order valence-electron chi connectivity index (χ0n) is 14.4. The lowest BCUT2D eigenvalue weighted by atomic mass is 10.1. The number of carbonyl (C=O) groups excluding carboxylic acids is 1. The molecule has 0 spiro atoms. The molecule has 25 heavy (non-hydrogen) atoms. The van der Waals surface area contributed by atoms with Crippen molar-refractivity contribution in [3.63, 3.8) is 0 Å². The fraction of sp³-hybridized carbons (Fsp3) is 0.316. The van der Waals surface area contributed by atoms with Crippen molar-refractivity contribution in [2.75, 3.05) is 6.54 Å². The van der Waals surface area contributed by atoms with Gasteiger partial charge in [0.25, 0.3) is 0 Å². The summed E-state index contributed by atoms with van der Waals surface area (Å²) in [6.07, 6.45) is -0.404. The molecule has 3 aromatic rings. The van der Waals surface area contributed by atoms with Crippen molar-refractivity contribution in [1.29, 1.82) is 0 Å². The zero-order chi connectivity index (χ0) is 18.2. The predicted molar refractivity (Wildman–Crippen MR) is 106 cm³/mol. The van der Waals surface area contributed by atoms with Gasteiger partial charge in [0.15, 0.2) is 0 Å². The molecule has 1 heterocycles. The van der Waals surface area contributed by atoms with Crippen LogP contribution in [0.1, 0.15) is 20.8 Å². The molecule has 0 fully saturated rings. The van der Waals surface area contributed by atoms with Crippen LogP contribution in [0.4, 0.5) is 4.79 Å². The first kappa shape index (κ1) is 18.1. The van der Waals surface area contributed by atoms with Gasteiger partial charge in [0, 0.05) is 44.4 Å². The average molecular weight is 424 g/mol. The van der Waals surface area contributed by atoms with E-state index in [2.05, 4.69) is 37.9 Å². The molecular formula is C19H20BrClN2O2. The molecule has 0 aliphatic rings. The maximum absolute atomic E-state index is 11.8. The van der Waals surface area contributed by atoms with E-state index in [0.29, 0.717) is 18.1 Å². The first-order valence-corrected chi connectivity index (χ1v) is 9.25. The number of nitrogens with zero attached hydrogens (tertiary/aromatic N) is 1. The molecule has 0 saturated heterocycles. The van der Waals surface area contributed by atoms with Gasteiger partial charge in [0.1, 0.15) is 5.60 Å². The number of amides is 1. The number of nitrogens with one attached hydrogen (secondary N) is 1. The second kappa shape index (κ2) is 6.89. The number of alkyl carbamates (subject to hydrolysis) is 1. The van der Waals surface area contributed by atoms with Gasteiger partial charge in [0.2, 0.25) is 0 Å². The van der Waals surface area contributed by atoms with Crippen LogP contribution in [0.2, 0.25) is 5.02 Å². The Kier molecular flexibility index (Phi) is 4.98. The van der Waals surface area contributed by atoms with Gasteiger partial charge in [-0.15, -0.1) is 0 Å². The van der Waals surface area contributed by atoms with Crippen LogP contribution in [0.5, 0.6) is 0 Å². The number of hydrogen-bond donors (Lipinski definition) is 1. The molecule has 1 N–H and O–H groups in total. The quantitative estimate of drug-likeness (QED) is 0.584. The first-order chi connectivity index (χ1) is 11.7. The summed E-state index contributed by atoms with van der Waals surface area (Å²) >= 11 is 9.71. The van der Waals surface area contributed by atoms with E-state index < -0.39 is 11.7 Å². The van der Waals surface area contributed by atoms with E-state index in [4.69, 9.17) is 16.3 Å². The monoisotopic (exact) mass is 422 g/mol. The largest absolute Gasteiger partial charge is 0.444 e. The molecule has 1 aromatic heterocycles. The number of carbonyl (C=O) groups is 1. The van der Waals surface area contributed by atoms with Crippen LogP contribution >= 0.6 is 27.5 Å². The molecule has 6 heteroatoms. The van der Waals surface area contributed by atoms with E-state index in [1.54, 1.807) is 0 Å². The third-order valence-electron chi connectivity index (χ3n) is 3.79. The molecule has 0 aliphatic carbocycles. The lowest BCUT2D eigenvalue weighted by molar-refractivity contribution is 0.0526. The van der Waals surface area contributed by atoms with Gasteiger partial charge in [-0.2, -0.15) is 0 Å². The summed E-state index contributed by atoms with van der Waals surface area (Å²) in [5, 5.41) is 5.75. The van der Waals surface area contributed by atoms with E-state index in [9.17, 15) is 4.79 Å². The summed E-state index contributed by atoms with van der Waals surface area (Å²) in [6, 6.07) is 12.0. The van der Waals surface area contributed by atoms with E-state index in [-0.39, 0.29) is 0 Å². The van der Waals surface area contributed by atoms with Crippen molar-refractivity contribution in [3.05, 3.63) is 45.9 Å². The van der Waals surface area contributed by atoms with Crippen molar-refractivity contribution >= 4 is 55.4 Å². The molecule has 132 valence electrons. The number of halogens is 2. The second-order valence-electron chi connectivity index (χ2n) is 6.90. The Morgan fingerprint density at radius 1 is 1.16 bits per heavy atom. The van der Waals surface area contributed by atoms with E-state index in [1.807, 2.05) is 45.0 Å². The highest BCUT2D eigenvalue weighted by Gasteiger charge is 2.16. The summed E-state index contributed by atoms with van der Waals surface area (Å²) in [6.45, 7) is 6.67. The number of hydrogen-bond acceptors (Lipinski definition) is 2. The van der Waals surface area contributed by atoms with Gasteiger partial charge >= 0.3 is 6.09 Å².